The number of carbonyl (C=O) groups excluding carboxylic acids is 1. The lowest BCUT2D eigenvalue weighted by Gasteiger charge is -2.15. The second-order valence-electron chi connectivity index (χ2n) is 6.83. The molecule has 1 amide bonds. The lowest BCUT2D eigenvalue weighted by molar-refractivity contribution is -0.114. The molecule has 0 saturated carbocycles. The van der Waals surface area contributed by atoms with Crippen molar-refractivity contribution in [2.45, 2.75) is 6.04 Å². The number of nitrogens with one attached hydrogen (secondary N) is 2. The Labute approximate surface area is 166 Å². The van der Waals surface area contributed by atoms with Crippen molar-refractivity contribution in [3.8, 4) is 5.69 Å². The zero-order chi connectivity index (χ0) is 19.8. The number of para-hydroxylation sites is 2. The summed E-state index contributed by atoms with van der Waals surface area (Å²) >= 11 is 0. The van der Waals surface area contributed by atoms with Crippen LogP contribution in [0.15, 0.2) is 88.8 Å². The van der Waals surface area contributed by atoms with Gasteiger partial charge in [0.05, 0.1) is 28.6 Å². The molecule has 7 heteroatoms. The van der Waals surface area contributed by atoms with E-state index >= 15 is 0 Å². The van der Waals surface area contributed by atoms with Gasteiger partial charge in [0, 0.05) is 0 Å². The largest absolute Gasteiger partial charge is 0.344 e. The Hall–Kier alpha value is -4.00. The maximum atomic E-state index is 13.2. The van der Waals surface area contributed by atoms with E-state index in [0.717, 1.165) is 0 Å². The van der Waals surface area contributed by atoms with Crippen LogP contribution in [-0.4, -0.2) is 27.2 Å². The van der Waals surface area contributed by atoms with Gasteiger partial charge in [-0.2, -0.15) is 5.10 Å². The summed E-state index contributed by atoms with van der Waals surface area (Å²) in [6, 6.07) is 16.3. The van der Waals surface area contributed by atoms with E-state index in [4.69, 9.17) is 0 Å². The number of aromatic nitrogens is 2. The Kier molecular flexibility index (Phi) is 4.05. The molecule has 1 saturated heterocycles. The maximum absolute atomic E-state index is 13.2. The molecule has 0 spiro atoms. The first-order valence-electron chi connectivity index (χ1n) is 9.29. The van der Waals surface area contributed by atoms with E-state index in [1.165, 1.54) is 4.57 Å². The number of allylic oxidation sites excluding steroid dienone is 2. The second kappa shape index (κ2) is 6.87. The minimum atomic E-state index is -0.238. The van der Waals surface area contributed by atoms with Gasteiger partial charge in [0.25, 0.3) is 11.5 Å². The lowest BCUT2D eigenvalue weighted by atomic mass is 9.95. The number of anilines is 1. The first-order valence-corrected chi connectivity index (χ1v) is 9.29. The molecule has 1 aliphatic heterocycles. The van der Waals surface area contributed by atoms with Crippen LogP contribution < -0.4 is 16.3 Å². The Morgan fingerprint density at radius 3 is 2.59 bits per heavy atom. The number of amides is 1. The highest BCUT2D eigenvalue weighted by Gasteiger charge is 2.37. The van der Waals surface area contributed by atoms with Crippen molar-refractivity contribution in [1.29, 1.82) is 0 Å². The zero-order valence-corrected chi connectivity index (χ0v) is 15.3. The van der Waals surface area contributed by atoms with Gasteiger partial charge < -0.3 is 5.32 Å². The number of hydrazone groups is 1. The van der Waals surface area contributed by atoms with Gasteiger partial charge in [0.15, 0.2) is 0 Å². The molecule has 3 aromatic rings. The number of hydrogen-bond donors (Lipinski definition) is 2. The van der Waals surface area contributed by atoms with Crippen LogP contribution in [-0.2, 0) is 4.79 Å². The molecule has 2 aliphatic rings. The van der Waals surface area contributed by atoms with Gasteiger partial charge in [-0.3, -0.25) is 9.59 Å². The van der Waals surface area contributed by atoms with Crippen LogP contribution in [0.25, 0.3) is 16.6 Å². The molecular weight excluding hydrogens is 366 g/mol. The highest BCUT2D eigenvalue weighted by Crippen LogP contribution is 2.22. The number of benzene rings is 2. The Balaban J connectivity index is 1.63. The Morgan fingerprint density at radius 1 is 0.966 bits per heavy atom. The van der Waals surface area contributed by atoms with Crippen molar-refractivity contribution in [1.82, 2.24) is 14.9 Å². The van der Waals surface area contributed by atoms with Crippen LogP contribution in [0.5, 0.6) is 0 Å². The van der Waals surface area contributed by atoms with E-state index in [1.54, 1.807) is 18.2 Å². The smallest absolute Gasteiger partial charge is 0.268 e. The van der Waals surface area contributed by atoms with Crippen LogP contribution in [0.1, 0.15) is 0 Å². The van der Waals surface area contributed by atoms with Gasteiger partial charge in [0.2, 0.25) is 5.95 Å². The van der Waals surface area contributed by atoms with Crippen molar-refractivity contribution < 1.29 is 4.79 Å². The Bertz CT molecular complexity index is 1260. The van der Waals surface area contributed by atoms with E-state index in [2.05, 4.69) is 20.8 Å². The van der Waals surface area contributed by atoms with Crippen LogP contribution in [0.4, 0.5) is 5.95 Å². The van der Waals surface area contributed by atoms with Crippen LogP contribution in [0.3, 0.4) is 0 Å². The third-order valence-corrected chi connectivity index (χ3v) is 5.05. The van der Waals surface area contributed by atoms with E-state index < -0.39 is 0 Å². The van der Waals surface area contributed by atoms with Gasteiger partial charge >= 0.3 is 0 Å². The Morgan fingerprint density at radius 2 is 1.72 bits per heavy atom. The van der Waals surface area contributed by atoms with Gasteiger partial charge in [-0.25, -0.2) is 15.0 Å². The van der Waals surface area contributed by atoms with E-state index in [9.17, 15) is 9.59 Å². The van der Waals surface area contributed by atoms with E-state index in [-0.39, 0.29) is 29.4 Å². The third kappa shape index (κ3) is 2.93. The van der Waals surface area contributed by atoms with Crippen molar-refractivity contribution in [2.75, 3.05) is 5.43 Å². The fourth-order valence-corrected chi connectivity index (χ4v) is 3.64. The lowest BCUT2D eigenvalue weighted by Crippen LogP contribution is -2.26. The number of carbonyl (C=O) groups is 1. The minimum absolute atomic E-state index is 0.103. The van der Waals surface area contributed by atoms with Crippen molar-refractivity contribution in [3.63, 3.8) is 0 Å². The molecule has 1 fully saturated rings. The molecule has 5 rings (SSSR count). The summed E-state index contributed by atoms with van der Waals surface area (Å²) in [6.07, 6.45) is 7.65. The molecule has 7 nitrogen and oxygen atoms in total. The van der Waals surface area contributed by atoms with E-state index in [0.29, 0.717) is 22.3 Å². The maximum Gasteiger partial charge on any atom is 0.268 e. The summed E-state index contributed by atoms with van der Waals surface area (Å²) in [7, 11) is 0. The number of nitrogens with zero attached hydrogens (tertiary/aromatic N) is 3. The summed E-state index contributed by atoms with van der Waals surface area (Å²) in [5.41, 5.74) is 4.24. The molecule has 2 unspecified atom stereocenters. The summed E-state index contributed by atoms with van der Waals surface area (Å²) in [6.45, 7) is 0. The van der Waals surface area contributed by atoms with Gasteiger partial charge in [-0.15, -0.1) is 0 Å². The van der Waals surface area contributed by atoms with Crippen molar-refractivity contribution in [2.24, 2.45) is 11.0 Å². The van der Waals surface area contributed by atoms with E-state index in [1.807, 2.05) is 60.7 Å². The van der Waals surface area contributed by atoms with Crippen molar-refractivity contribution >= 4 is 28.5 Å². The first kappa shape index (κ1) is 17.1. The van der Waals surface area contributed by atoms with Crippen LogP contribution in [0, 0.1) is 5.92 Å². The highest BCUT2D eigenvalue weighted by atomic mass is 16.2. The summed E-state index contributed by atoms with van der Waals surface area (Å²) in [4.78, 5) is 30.1. The highest BCUT2D eigenvalue weighted by molar-refractivity contribution is 6.42. The van der Waals surface area contributed by atoms with Crippen molar-refractivity contribution in [3.05, 3.63) is 89.3 Å². The molecule has 29 heavy (non-hydrogen) atoms. The van der Waals surface area contributed by atoms with Gasteiger partial charge in [-0.1, -0.05) is 54.6 Å². The van der Waals surface area contributed by atoms with Crippen LogP contribution >= 0.6 is 0 Å². The SMILES string of the molecule is O=C1NC2C=CC=CC2C1=NNc1nc2ccccc2c(=O)n1-c1ccccc1. The molecule has 1 aromatic heterocycles. The standard InChI is InChI=1S/C22H17N5O2/c28-20-19(15-10-4-6-12-17(15)23-20)25-26-22-24-18-13-7-5-11-16(18)21(29)27(22)14-8-2-1-3-9-14/h1-13,15,17H,(H,23,28)(H,24,26). The molecular formula is C22H17N5O2. The minimum Gasteiger partial charge on any atom is -0.344 e. The van der Waals surface area contributed by atoms with Gasteiger partial charge in [0.1, 0.15) is 5.71 Å². The number of fused-ring (bicyclic) bond motifs is 2. The fraction of sp³-hybridized carbons (Fsp3) is 0.0909. The second-order valence-corrected chi connectivity index (χ2v) is 6.83. The fourth-order valence-electron chi connectivity index (χ4n) is 3.64. The summed E-state index contributed by atoms with van der Waals surface area (Å²) in [5, 5.41) is 7.74. The molecule has 1 aliphatic carbocycles. The third-order valence-electron chi connectivity index (χ3n) is 5.05. The predicted octanol–water partition coefficient (Wildman–Crippen LogP) is 2.39. The number of hydrogen-bond acceptors (Lipinski definition) is 5. The molecule has 2 aromatic carbocycles. The monoisotopic (exact) mass is 383 g/mol. The molecule has 2 atom stereocenters. The molecule has 0 radical (unpaired) electrons. The topological polar surface area (TPSA) is 88.4 Å². The summed E-state index contributed by atoms with van der Waals surface area (Å²) in [5.74, 6) is -0.144. The molecule has 0 bridgehead atoms. The van der Waals surface area contributed by atoms with Gasteiger partial charge in [-0.05, 0) is 24.3 Å². The quantitative estimate of drug-likeness (QED) is 0.680. The number of rotatable bonds is 3. The predicted molar refractivity (Wildman–Crippen MR) is 112 cm³/mol. The average Bonchev–Trinajstić information content (AvgIpc) is 3.08. The molecule has 142 valence electrons. The average molecular weight is 383 g/mol. The zero-order valence-electron chi connectivity index (χ0n) is 15.3. The molecule has 2 heterocycles. The molecule has 2 N–H and O–H groups in total. The van der Waals surface area contributed by atoms with Crippen LogP contribution in [0.2, 0.25) is 0 Å². The summed E-state index contributed by atoms with van der Waals surface area (Å²) < 4.78 is 1.47. The first-order chi connectivity index (χ1) is 14.2. The normalized spacial score (nSPS) is 21.4.